The largest absolute Gasteiger partial charge is 0.507 e. The molecule has 5 heteroatoms. The Labute approximate surface area is 270 Å². The summed E-state index contributed by atoms with van der Waals surface area (Å²) in [6.07, 6.45) is 1.71. The molecule has 1 N–H and O–H groups in total. The van der Waals surface area contributed by atoms with Crippen molar-refractivity contribution in [2.75, 3.05) is 0 Å². The molecule has 5 aromatic rings. The van der Waals surface area contributed by atoms with Crippen LogP contribution < -0.4 is 4.74 Å². The van der Waals surface area contributed by atoms with Gasteiger partial charge < -0.3 is 9.84 Å². The first kappa shape index (κ1) is 32.2. The maximum Gasteiger partial charge on any atom is 0.217 e. The van der Waals surface area contributed by atoms with Gasteiger partial charge in [-0.3, -0.25) is 4.98 Å². The number of aromatic hydroxyl groups is 1. The maximum absolute atomic E-state index is 11.0. The Balaban J connectivity index is 0.00000423. The zero-order valence-electron chi connectivity index (χ0n) is 25.9. The summed E-state index contributed by atoms with van der Waals surface area (Å²) < 4.78 is 6.14. The SMILES string of the molecule is CC(C)c1cc(-c2ccc(-c3[c-]c(Oc4ccccn4)cc(C(C)(C)C)c3)nc2-c2ccccc2O)cc(C(C)C)c1.[Pt]. The molecule has 0 spiro atoms. The molecular weight excluding hydrogens is 712 g/mol. The van der Waals surface area contributed by atoms with E-state index in [0.29, 0.717) is 29.0 Å². The van der Waals surface area contributed by atoms with Crippen molar-refractivity contribution in [3.63, 3.8) is 0 Å². The summed E-state index contributed by atoms with van der Waals surface area (Å²) in [6.45, 7) is 15.4. The van der Waals surface area contributed by atoms with Gasteiger partial charge in [0.15, 0.2) is 0 Å². The first-order chi connectivity index (χ1) is 20.0. The molecule has 3 aromatic carbocycles. The molecule has 0 bridgehead atoms. The van der Waals surface area contributed by atoms with Gasteiger partial charge in [-0.1, -0.05) is 109 Å². The predicted octanol–water partition coefficient (Wildman–Crippen LogP) is 10.3. The second kappa shape index (κ2) is 13.3. The van der Waals surface area contributed by atoms with Crippen molar-refractivity contribution in [2.24, 2.45) is 0 Å². The molecule has 224 valence electrons. The van der Waals surface area contributed by atoms with Gasteiger partial charge in [-0.25, -0.2) is 4.98 Å². The number of aromatic nitrogens is 2. The third-order valence-corrected chi connectivity index (χ3v) is 7.51. The molecule has 4 nitrogen and oxygen atoms in total. The van der Waals surface area contributed by atoms with E-state index in [1.165, 1.54) is 11.1 Å². The van der Waals surface area contributed by atoms with Gasteiger partial charge in [0.05, 0.1) is 5.69 Å². The van der Waals surface area contributed by atoms with Crippen molar-refractivity contribution in [3.05, 3.63) is 114 Å². The summed E-state index contributed by atoms with van der Waals surface area (Å²) in [6, 6.07) is 31.5. The van der Waals surface area contributed by atoms with Crippen molar-refractivity contribution >= 4 is 0 Å². The molecule has 2 aromatic heterocycles. The van der Waals surface area contributed by atoms with Crippen LogP contribution in [0.5, 0.6) is 17.4 Å². The first-order valence-electron chi connectivity index (χ1n) is 14.6. The molecule has 5 rings (SSSR count). The Kier molecular flexibility index (Phi) is 9.92. The third-order valence-electron chi connectivity index (χ3n) is 7.51. The van der Waals surface area contributed by atoms with Crippen molar-refractivity contribution in [2.45, 2.75) is 65.7 Å². The van der Waals surface area contributed by atoms with Crippen LogP contribution in [-0.4, -0.2) is 15.1 Å². The summed E-state index contributed by atoms with van der Waals surface area (Å²) >= 11 is 0. The number of hydrogen-bond donors (Lipinski definition) is 1. The van der Waals surface area contributed by atoms with Crippen molar-refractivity contribution in [3.8, 4) is 51.0 Å². The summed E-state index contributed by atoms with van der Waals surface area (Å²) in [5.74, 6) is 2.05. The van der Waals surface area contributed by atoms with Gasteiger partial charge in [-0.15, -0.1) is 17.2 Å². The zero-order chi connectivity index (χ0) is 30.0. The van der Waals surface area contributed by atoms with Crippen LogP contribution in [0.3, 0.4) is 0 Å². The van der Waals surface area contributed by atoms with Crippen LogP contribution in [-0.2, 0) is 26.5 Å². The van der Waals surface area contributed by atoms with Crippen LogP contribution in [0.25, 0.3) is 33.6 Å². The minimum Gasteiger partial charge on any atom is -0.507 e. The first-order valence-corrected chi connectivity index (χ1v) is 14.6. The van der Waals surface area contributed by atoms with Gasteiger partial charge in [-0.05, 0) is 57.8 Å². The van der Waals surface area contributed by atoms with Crippen LogP contribution in [0, 0.1) is 6.07 Å². The minimum absolute atomic E-state index is 0. The molecule has 0 saturated heterocycles. The molecular formula is C38H39N2O2Pt-. The van der Waals surface area contributed by atoms with Gasteiger partial charge >= 0.3 is 0 Å². The van der Waals surface area contributed by atoms with E-state index in [1.807, 2.05) is 48.5 Å². The number of para-hydroxylation sites is 1. The quantitative estimate of drug-likeness (QED) is 0.168. The summed E-state index contributed by atoms with van der Waals surface area (Å²) in [5.41, 5.74) is 8.58. The molecule has 0 fully saturated rings. The Morgan fingerprint density at radius 1 is 0.767 bits per heavy atom. The molecule has 0 aliphatic heterocycles. The predicted molar refractivity (Wildman–Crippen MR) is 172 cm³/mol. The number of rotatable bonds is 7. The monoisotopic (exact) mass is 750 g/mol. The molecule has 0 atom stereocenters. The van der Waals surface area contributed by atoms with Crippen LogP contribution in [0.1, 0.15) is 77.0 Å². The van der Waals surface area contributed by atoms with E-state index in [9.17, 15) is 5.11 Å². The summed E-state index contributed by atoms with van der Waals surface area (Å²) in [7, 11) is 0. The Morgan fingerprint density at radius 2 is 1.44 bits per heavy atom. The van der Waals surface area contributed by atoms with Crippen LogP contribution in [0.2, 0.25) is 0 Å². The number of pyridine rings is 2. The van der Waals surface area contributed by atoms with E-state index < -0.39 is 0 Å². The average molecular weight is 751 g/mol. The molecule has 0 amide bonds. The molecule has 43 heavy (non-hydrogen) atoms. The van der Waals surface area contributed by atoms with Gasteiger partial charge in [0.1, 0.15) is 5.75 Å². The third kappa shape index (κ3) is 7.43. The van der Waals surface area contributed by atoms with Gasteiger partial charge in [0.25, 0.3) is 0 Å². The Bertz CT molecular complexity index is 1680. The van der Waals surface area contributed by atoms with Crippen molar-refractivity contribution < 1.29 is 30.9 Å². The van der Waals surface area contributed by atoms with Gasteiger partial charge in [-0.2, -0.15) is 0 Å². The summed E-state index contributed by atoms with van der Waals surface area (Å²) in [5, 5.41) is 11.0. The van der Waals surface area contributed by atoms with E-state index in [2.05, 4.69) is 89.8 Å². The van der Waals surface area contributed by atoms with E-state index >= 15 is 0 Å². The Morgan fingerprint density at radius 3 is 2.05 bits per heavy atom. The van der Waals surface area contributed by atoms with E-state index in [4.69, 9.17) is 9.72 Å². The molecule has 0 aliphatic carbocycles. The van der Waals surface area contributed by atoms with E-state index in [0.717, 1.165) is 33.6 Å². The normalized spacial score (nSPS) is 11.5. The van der Waals surface area contributed by atoms with Crippen LogP contribution in [0.15, 0.2) is 91.1 Å². The second-order valence-corrected chi connectivity index (χ2v) is 12.5. The fourth-order valence-corrected chi connectivity index (χ4v) is 4.91. The number of phenols is 1. The van der Waals surface area contributed by atoms with Crippen molar-refractivity contribution in [1.82, 2.24) is 9.97 Å². The van der Waals surface area contributed by atoms with Crippen molar-refractivity contribution in [1.29, 1.82) is 0 Å². The average Bonchev–Trinajstić information content (AvgIpc) is 2.97. The van der Waals surface area contributed by atoms with Crippen LogP contribution in [0.4, 0.5) is 0 Å². The molecule has 2 heterocycles. The van der Waals surface area contributed by atoms with E-state index in [-0.39, 0.29) is 32.2 Å². The Hall–Kier alpha value is -3.75. The molecule has 0 radical (unpaired) electrons. The fraction of sp³-hybridized carbons (Fsp3) is 0.263. The number of hydrogen-bond acceptors (Lipinski definition) is 4. The maximum atomic E-state index is 11.0. The molecule has 0 unspecified atom stereocenters. The molecule has 0 saturated carbocycles. The van der Waals surface area contributed by atoms with Crippen LogP contribution >= 0.6 is 0 Å². The standard InChI is InChI=1S/C38H39N2O2.Pt/c1-24(2)26-18-27(25(3)4)20-28(19-26)32-15-16-34(40-37(32)33-12-8-9-13-35(33)41)29-21-30(38(5,6)7)23-31(22-29)42-36-14-10-11-17-39-36;/h8-21,23-25,41H,1-7H3;/q-1;. The fourth-order valence-electron chi connectivity index (χ4n) is 4.91. The minimum atomic E-state index is -0.128. The molecule has 0 aliphatic rings. The second-order valence-electron chi connectivity index (χ2n) is 12.5. The van der Waals surface area contributed by atoms with E-state index in [1.54, 1.807) is 12.3 Å². The number of ether oxygens (including phenoxy) is 1. The topological polar surface area (TPSA) is 55.2 Å². The van der Waals surface area contributed by atoms with Gasteiger partial charge in [0, 0.05) is 50.2 Å². The summed E-state index contributed by atoms with van der Waals surface area (Å²) in [4.78, 5) is 9.54. The zero-order valence-corrected chi connectivity index (χ0v) is 28.2. The van der Waals surface area contributed by atoms with Gasteiger partial charge in [0.2, 0.25) is 5.88 Å². The number of phenolic OH excluding ortho intramolecular Hbond substituents is 1. The smallest absolute Gasteiger partial charge is 0.217 e. The number of benzene rings is 3. The number of nitrogens with zero attached hydrogens (tertiary/aromatic N) is 2.